The number of sulfone groups is 1. The lowest BCUT2D eigenvalue weighted by Crippen LogP contribution is -2.27. The quantitative estimate of drug-likeness (QED) is 0.148. The Morgan fingerprint density at radius 2 is 0.968 bits per heavy atom. The summed E-state index contributed by atoms with van der Waals surface area (Å²) < 4.78 is 25.4. The van der Waals surface area contributed by atoms with Crippen LogP contribution < -0.4 is 0 Å². The summed E-state index contributed by atoms with van der Waals surface area (Å²) in [6.45, 7) is 4.45. The zero-order valence-electron chi connectivity index (χ0n) is 20.7. The van der Waals surface area contributed by atoms with Gasteiger partial charge in [-0.05, 0) is 12.8 Å². The number of carboxylic acid groups (broad SMARTS) is 1. The third kappa shape index (κ3) is 19.8. The van der Waals surface area contributed by atoms with Gasteiger partial charge in [0.15, 0.2) is 9.84 Å². The molecule has 0 amide bonds. The number of hydrogen-bond donors (Lipinski definition) is 1. The first-order valence-electron chi connectivity index (χ1n) is 13.4. The van der Waals surface area contributed by atoms with E-state index in [1.54, 1.807) is 0 Å². The van der Waals surface area contributed by atoms with Crippen molar-refractivity contribution in [2.45, 2.75) is 154 Å². The molecule has 0 aromatic carbocycles. The van der Waals surface area contributed by atoms with Crippen molar-refractivity contribution in [2.75, 3.05) is 5.75 Å². The number of aliphatic carboxylic acids is 1. The molecule has 0 aliphatic carbocycles. The van der Waals surface area contributed by atoms with Gasteiger partial charge in [0.2, 0.25) is 0 Å². The standard InChI is InChI=1S/C26H52O4S/c1-3-5-7-9-11-13-15-17-19-21-23-31(29,30)25(24-26(27)28)22-20-18-16-14-12-10-8-6-4-2/h25H,3-24H2,1-2H3,(H,27,28). The fourth-order valence-corrected chi connectivity index (χ4v) is 6.11. The van der Waals surface area contributed by atoms with Crippen LogP contribution in [0.3, 0.4) is 0 Å². The normalized spacial score (nSPS) is 12.8. The highest BCUT2D eigenvalue weighted by molar-refractivity contribution is 7.92. The lowest BCUT2D eigenvalue weighted by molar-refractivity contribution is -0.137. The van der Waals surface area contributed by atoms with Crippen molar-refractivity contribution in [3.8, 4) is 0 Å². The molecule has 186 valence electrons. The van der Waals surface area contributed by atoms with E-state index in [2.05, 4.69) is 13.8 Å². The molecule has 0 aliphatic rings. The third-order valence-electron chi connectivity index (χ3n) is 6.32. The first-order chi connectivity index (χ1) is 14.9. The zero-order chi connectivity index (χ0) is 23.2. The van der Waals surface area contributed by atoms with E-state index < -0.39 is 21.1 Å². The second-order valence-electron chi connectivity index (χ2n) is 9.39. The van der Waals surface area contributed by atoms with Crippen LogP contribution in [0.1, 0.15) is 149 Å². The van der Waals surface area contributed by atoms with Crippen LogP contribution in [0.4, 0.5) is 0 Å². The Morgan fingerprint density at radius 3 is 1.35 bits per heavy atom. The number of rotatable bonds is 24. The smallest absolute Gasteiger partial charge is 0.304 e. The van der Waals surface area contributed by atoms with Crippen LogP contribution in [-0.4, -0.2) is 30.5 Å². The highest BCUT2D eigenvalue weighted by atomic mass is 32.2. The lowest BCUT2D eigenvalue weighted by Gasteiger charge is -2.16. The maximum Gasteiger partial charge on any atom is 0.304 e. The van der Waals surface area contributed by atoms with Crippen molar-refractivity contribution in [3.63, 3.8) is 0 Å². The van der Waals surface area contributed by atoms with Gasteiger partial charge >= 0.3 is 5.97 Å². The predicted molar refractivity (Wildman–Crippen MR) is 134 cm³/mol. The number of unbranched alkanes of at least 4 members (excludes halogenated alkanes) is 17. The number of carbonyl (C=O) groups is 1. The molecule has 5 heteroatoms. The molecule has 0 aromatic rings. The summed E-state index contributed by atoms with van der Waals surface area (Å²) in [7, 11) is -3.31. The first kappa shape index (κ1) is 30.4. The number of carboxylic acids is 1. The van der Waals surface area contributed by atoms with Crippen molar-refractivity contribution in [1.29, 1.82) is 0 Å². The Hall–Kier alpha value is -0.580. The molecule has 0 radical (unpaired) electrons. The van der Waals surface area contributed by atoms with Gasteiger partial charge < -0.3 is 5.11 Å². The minimum Gasteiger partial charge on any atom is -0.481 e. The maximum atomic E-state index is 12.7. The first-order valence-corrected chi connectivity index (χ1v) is 15.1. The van der Waals surface area contributed by atoms with Gasteiger partial charge in [0.25, 0.3) is 0 Å². The highest BCUT2D eigenvalue weighted by Gasteiger charge is 2.27. The summed E-state index contributed by atoms with van der Waals surface area (Å²) in [6, 6.07) is 0. The molecule has 1 atom stereocenters. The van der Waals surface area contributed by atoms with Gasteiger partial charge in [-0.15, -0.1) is 0 Å². The third-order valence-corrected chi connectivity index (χ3v) is 8.60. The van der Waals surface area contributed by atoms with E-state index in [1.165, 1.54) is 83.5 Å². The molecule has 0 heterocycles. The summed E-state index contributed by atoms with van der Waals surface area (Å²) >= 11 is 0. The van der Waals surface area contributed by atoms with Crippen molar-refractivity contribution < 1.29 is 18.3 Å². The largest absolute Gasteiger partial charge is 0.481 e. The van der Waals surface area contributed by atoms with Crippen molar-refractivity contribution >= 4 is 15.8 Å². The minimum absolute atomic E-state index is 0.152. The topological polar surface area (TPSA) is 71.4 Å². The molecule has 1 unspecified atom stereocenters. The monoisotopic (exact) mass is 460 g/mol. The minimum atomic E-state index is -3.31. The van der Waals surface area contributed by atoms with Gasteiger partial charge in [0, 0.05) is 0 Å². The molecule has 4 nitrogen and oxygen atoms in total. The van der Waals surface area contributed by atoms with Gasteiger partial charge in [-0.1, -0.05) is 129 Å². The molecular weight excluding hydrogens is 408 g/mol. The van der Waals surface area contributed by atoms with Crippen LogP contribution in [0.15, 0.2) is 0 Å². The van der Waals surface area contributed by atoms with E-state index in [4.69, 9.17) is 0 Å². The molecule has 0 saturated heterocycles. The molecular formula is C26H52O4S. The SMILES string of the molecule is CCCCCCCCCCCCS(=O)(=O)C(CCCCCCCCCCC)CC(=O)O. The summed E-state index contributed by atoms with van der Waals surface area (Å²) in [5.74, 6) is -0.841. The fraction of sp³-hybridized carbons (Fsp3) is 0.962. The molecule has 0 rings (SSSR count). The maximum absolute atomic E-state index is 12.7. The van der Waals surface area contributed by atoms with Crippen LogP contribution >= 0.6 is 0 Å². The molecule has 0 spiro atoms. The van der Waals surface area contributed by atoms with E-state index in [1.807, 2.05) is 0 Å². The Labute approximate surface area is 193 Å². The van der Waals surface area contributed by atoms with E-state index >= 15 is 0 Å². The van der Waals surface area contributed by atoms with Crippen LogP contribution in [0.25, 0.3) is 0 Å². The molecule has 0 bridgehead atoms. The average Bonchev–Trinajstić information content (AvgIpc) is 2.72. The van der Waals surface area contributed by atoms with Crippen LogP contribution in [0, 0.1) is 0 Å². The van der Waals surface area contributed by atoms with Crippen LogP contribution in [0.5, 0.6) is 0 Å². The lowest BCUT2D eigenvalue weighted by atomic mass is 10.1. The number of hydrogen-bond acceptors (Lipinski definition) is 3. The predicted octanol–water partition coefficient (Wildman–Crippen LogP) is 8.09. The van der Waals surface area contributed by atoms with Gasteiger partial charge in [-0.2, -0.15) is 0 Å². The van der Waals surface area contributed by atoms with E-state index in [9.17, 15) is 18.3 Å². The second kappa shape index (κ2) is 21.3. The van der Waals surface area contributed by atoms with E-state index in [0.29, 0.717) is 12.8 Å². The van der Waals surface area contributed by atoms with Crippen LogP contribution in [0.2, 0.25) is 0 Å². The molecule has 31 heavy (non-hydrogen) atoms. The second-order valence-corrected chi connectivity index (χ2v) is 11.8. The average molecular weight is 461 g/mol. The Balaban J connectivity index is 3.98. The van der Waals surface area contributed by atoms with E-state index in [0.717, 1.165) is 32.1 Å². The summed E-state index contributed by atoms with van der Waals surface area (Å²) in [5, 5.41) is 8.47. The molecule has 0 aliphatic heterocycles. The van der Waals surface area contributed by atoms with E-state index in [-0.39, 0.29) is 12.2 Å². The van der Waals surface area contributed by atoms with Crippen molar-refractivity contribution in [2.24, 2.45) is 0 Å². The summed E-state index contributed by atoms with van der Waals surface area (Å²) in [4.78, 5) is 11.2. The molecule has 0 saturated carbocycles. The van der Waals surface area contributed by atoms with Gasteiger partial charge in [-0.25, -0.2) is 8.42 Å². The Morgan fingerprint density at radius 1 is 0.613 bits per heavy atom. The molecule has 0 fully saturated rings. The van der Waals surface area contributed by atoms with Gasteiger partial charge in [0.1, 0.15) is 0 Å². The van der Waals surface area contributed by atoms with Gasteiger partial charge in [0.05, 0.1) is 17.4 Å². The Kier molecular flexibility index (Phi) is 20.9. The van der Waals surface area contributed by atoms with Crippen molar-refractivity contribution in [1.82, 2.24) is 0 Å². The molecule has 1 N–H and O–H groups in total. The van der Waals surface area contributed by atoms with Gasteiger partial charge in [-0.3, -0.25) is 4.79 Å². The zero-order valence-corrected chi connectivity index (χ0v) is 21.5. The van der Waals surface area contributed by atoms with Crippen molar-refractivity contribution in [3.05, 3.63) is 0 Å². The fourth-order valence-electron chi connectivity index (χ4n) is 4.24. The summed E-state index contributed by atoms with van der Waals surface area (Å²) in [5.41, 5.74) is 0. The Bertz CT molecular complexity index is 502. The highest BCUT2D eigenvalue weighted by Crippen LogP contribution is 2.19. The summed E-state index contributed by atoms with van der Waals surface area (Å²) in [6.07, 6.45) is 22.5. The molecule has 0 aromatic heterocycles. The van der Waals surface area contributed by atoms with Crippen LogP contribution in [-0.2, 0) is 14.6 Å².